The highest BCUT2D eigenvalue weighted by atomic mass is 16.6. The molecule has 0 aromatic heterocycles. The molecule has 1 aromatic rings. The van der Waals surface area contributed by atoms with Crippen molar-refractivity contribution in [3.05, 3.63) is 23.8 Å². The van der Waals surface area contributed by atoms with E-state index in [0.717, 1.165) is 12.8 Å². The highest BCUT2D eigenvalue weighted by Gasteiger charge is 2.31. The van der Waals surface area contributed by atoms with Crippen molar-refractivity contribution in [2.24, 2.45) is 11.7 Å². The second-order valence-electron chi connectivity index (χ2n) is 5.01. The SMILES string of the molecule is NCC(NC(=O)c1ccc2c(c1)OCCO2)C1CC1. The molecule has 0 radical (unpaired) electrons. The molecule has 5 heteroatoms. The molecule has 1 aliphatic heterocycles. The Morgan fingerprint density at radius 1 is 1.32 bits per heavy atom. The van der Waals surface area contributed by atoms with Crippen LogP contribution in [0, 0.1) is 5.92 Å². The third-order valence-electron chi connectivity index (χ3n) is 3.57. The number of nitrogens with one attached hydrogen (secondary N) is 1. The van der Waals surface area contributed by atoms with Crippen molar-refractivity contribution in [1.82, 2.24) is 5.32 Å². The molecule has 1 fully saturated rings. The predicted octanol–water partition coefficient (Wildman–Crippen LogP) is 0.925. The first kappa shape index (κ1) is 12.3. The van der Waals surface area contributed by atoms with E-state index in [1.807, 2.05) is 0 Å². The molecule has 0 spiro atoms. The van der Waals surface area contributed by atoms with Crippen LogP contribution in [0.1, 0.15) is 23.2 Å². The van der Waals surface area contributed by atoms with Crippen LogP contribution in [0.5, 0.6) is 11.5 Å². The van der Waals surface area contributed by atoms with Crippen LogP contribution in [-0.2, 0) is 0 Å². The topological polar surface area (TPSA) is 73.6 Å². The minimum atomic E-state index is -0.0978. The number of fused-ring (bicyclic) bond motifs is 1. The molecule has 3 N–H and O–H groups in total. The van der Waals surface area contributed by atoms with Crippen molar-refractivity contribution in [2.75, 3.05) is 19.8 Å². The molecule has 1 aromatic carbocycles. The van der Waals surface area contributed by atoms with E-state index in [9.17, 15) is 4.79 Å². The van der Waals surface area contributed by atoms with E-state index >= 15 is 0 Å². The van der Waals surface area contributed by atoms with Gasteiger partial charge in [-0.1, -0.05) is 0 Å². The maximum atomic E-state index is 12.2. The lowest BCUT2D eigenvalue weighted by atomic mass is 10.1. The van der Waals surface area contributed by atoms with E-state index in [0.29, 0.717) is 42.7 Å². The zero-order valence-corrected chi connectivity index (χ0v) is 10.7. The molecule has 102 valence electrons. The third kappa shape index (κ3) is 2.66. The smallest absolute Gasteiger partial charge is 0.251 e. The minimum absolute atomic E-state index is 0.0840. The molecule has 0 saturated heterocycles. The summed E-state index contributed by atoms with van der Waals surface area (Å²) in [4.78, 5) is 12.2. The van der Waals surface area contributed by atoms with Gasteiger partial charge in [-0.15, -0.1) is 0 Å². The molecule has 2 aliphatic rings. The van der Waals surface area contributed by atoms with E-state index in [1.54, 1.807) is 18.2 Å². The average Bonchev–Trinajstić information content (AvgIpc) is 3.28. The molecule has 1 amide bonds. The molecular formula is C14H18N2O3. The fourth-order valence-corrected chi connectivity index (χ4v) is 2.30. The largest absolute Gasteiger partial charge is 0.486 e. The normalized spacial score (nSPS) is 18.8. The first-order valence-electron chi connectivity index (χ1n) is 6.68. The van der Waals surface area contributed by atoms with E-state index in [2.05, 4.69) is 5.32 Å². The van der Waals surface area contributed by atoms with Gasteiger partial charge in [-0.3, -0.25) is 4.79 Å². The summed E-state index contributed by atoms with van der Waals surface area (Å²) in [5.74, 6) is 1.78. The van der Waals surface area contributed by atoms with Crippen LogP contribution in [0.2, 0.25) is 0 Å². The highest BCUT2D eigenvalue weighted by Crippen LogP contribution is 2.33. The molecule has 5 nitrogen and oxygen atoms in total. The Labute approximate surface area is 112 Å². The summed E-state index contributed by atoms with van der Waals surface area (Å²) >= 11 is 0. The van der Waals surface area contributed by atoms with Crippen LogP contribution in [0.4, 0.5) is 0 Å². The van der Waals surface area contributed by atoms with Crippen molar-refractivity contribution >= 4 is 5.91 Å². The highest BCUT2D eigenvalue weighted by molar-refractivity contribution is 5.95. The van der Waals surface area contributed by atoms with Gasteiger partial charge in [0.15, 0.2) is 11.5 Å². The van der Waals surface area contributed by atoms with Crippen molar-refractivity contribution < 1.29 is 14.3 Å². The summed E-state index contributed by atoms with van der Waals surface area (Å²) in [6.45, 7) is 1.56. The molecule has 0 bridgehead atoms. The van der Waals surface area contributed by atoms with Gasteiger partial charge in [0.25, 0.3) is 5.91 Å². The van der Waals surface area contributed by atoms with Crippen LogP contribution in [0.25, 0.3) is 0 Å². The molecule has 1 unspecified atom stereocenters. The Bertz CT molecular complexity index is 486. The quantitative estimate of drug-likeness (QED) is 0.846. The summed E-state index contributed by atoms with van der Waals surface area (Å²) in [6.07, 6.45) is 2.31. The van der Waals surface area contributed by atoms with E-state index in [-0.39, 0.29) is 11.9 Å². The van der Waals surface area contributed by atoms with Crippen LogP contribution in [0.15, 0.2) is 18.2 Å². The number of carbonyl (C=O) groups excluding carboxylic acids is 1. The average molecular weight is 262 g/mol. The fraction of sp³-hybridized carbons (Fsp3) is 0.500. The maximum Gasteiger partial charge on any atom is 0.251 e. The molecule has 1 atom stereocenters. The number of rotatable bonds is 4. The summed E-state index contributed by atoms with van der Waals surface area (Å²) in [7, 11) is 0. The van der Waals surface area contributed by atoms with Crippen molar-refractivity contribution in [2.45, 2.75) is 18.9 Å². The molecule has 1 heterocycles. The number of carbonyl (C=O) groups is 1. The minimum Gasteiger partial charge on any atom is -0.486 e. The maximum absolute atomic E-state index is 12.2. The Morgan fingerprint density at radius 2 is 2.05 bits per heavy atom. The standard InChI is InChI=1S/C14H18N2O3/c15-8-11(9-1-2-9)16-14(17)10-3-4-12-13(7-10)19-6-5-18-12/h3-4,7,9,11H,1-2,5-6,8,15H2,(H,16,17). The first-order chi connectivity index (χ1) is 9.28. The molecule has 1 aliphatic carbocycles. The van der Waals surface area contributed by atoms with Gasteiger partial charge in [0.2, 0.25) is 0 Å². The van der Waals surface area contributed by atoms with Crippen molar-refractivity contribution in [3.8, 4) is 11.5 Å². The van der Waals surface area contributed by atoms with Gasteiger partial charge in [-0.25, -0.2) is 0 Å². The molecule has 3 rings (SSSR count). The van der Waals surface area contributed by atoms with Gasteiger partial charge in [0.05, 0.1) is 0 Å². The number of hydrogen-bond acceptors (Lipinski definition) is 4. The van der Waals surface area contributed by atoms with Crippen LogP contribution in [0.3, 0.4) is 0 Å². The zero-order valence-electron chi connectivity index (χ0n) is 10.7. The van der Waals surface area contributed by atoms with E-state index < -0.39 is 0 Å². The lowest BCUT2D eigenvalue weighted by Gasteiger charge is -2.20. The fourth-order valence-electron chi connectivity index (χ4n) is 2.30. The zero-order chi connectivity index (χ0) is 13.2. The Kier molecular flexibility index (Phi) is 3.29. The summed E-state index contributed by atoms with van der Waals surface area (Å²) in [5, 5.41) is 2.99. The van der Waals surface area contributed by atoms with Gasteiger partial charge in [0, 0.05) is 18.2 Å². The van der Waals surface area contributed by atoms with Gasteiger partial charge in [0.1, 0.15) is 13.2 Å². The lowest BCUT2D eigenvalue weighted by Crippen LogP contribution is -2.41. The van der Waals surface area contributed by atoms with Gasteiger partial charge in [-0.2, -0.15) is 0 Å². The summed E-state index contributed by atoms with van der Waals surface area (Å²) in [6, 6.07) is 5.34. The third-order valence-corrected chi connectivity index (χ3v) is 3.57. The van der Waals surface area contributed by atoms with E-state index in [4.69, 9.17) is 15.2 Å². The number of benzene rings is 1. The van der Waals surface area contributed by atoms with Crippen LogP contribution in [-0.4, -0.2) is 31.7 Å². The first-order valence-corrected chi connectivity index (χ1v) is 6.68. The number of amides is 1. The Hall–Kier alpha value is -1.75. The Balaban J connectivity index is 1.72. The number of ether oxygens (including phenoxy) is 2. The van der Waals surface area contributed by atoms with Crippen LogP contribution < -0.4 is 20.5 Å². The van der Waals surface area contributed by atoms with Crippen LogP contribution >= 0.6 is 0 Å². The molecule has 1 saturated carbocycles. The lowest BCUT2D eigenvalue weighted by molar-refractivity contribution is 0.0932. The number of hydrogen-bond donors (Lipinski definition) is 2. The summed E-state index contributed by atoms with van der Waals surface area (Å²) in [5.41, 5.74) is 6.28. The van der Waals surface area contributed by atoms with Gasteiger partial charge >= 0.3 is 0 Å². The van der Waals surface area contributed by atoms with E-state index in [1.165, 1.54) is 0 Å². The monoisotopic (exact) mass is 262 g/mol. The Morgan fingerprint density at radius 3 is 2.74 bits per heavy atom. The molecule has 19 heavy (non-hydrogen) atoms. The molecular weight excluding hydrogens is 244 g/mol. The van der Waals surface area contributed by atoms with Gasteiger partial charge in [-0.05, 0) is 37.0 Å². The second-order valence-corrected chi connectivity index (χ2v) is 5.01. The van der Waals surface area contributed by atoms with Crippen molar-refractivity contribution in [1.29, 1.82) is 0 Å². The second kappa shape index (κ2) is 5.09. The van der Waals surface area contributed by atoms with Gasteiger partial charge < -0.3 is 20.5 Å². The summed E-state index contributed by atoms with van der Waals surface area (Å²) < 4.78 is 10.9. The number of nitrogens with two attached hydrogens (primary N) is 1. The van der Waals surface area contributed by atoms with Crippen molar-refractivity contribution in [3.63, 3.8) is 0 Å². The predicted molar refractivity (Wildman–Crippen MR) is 70.5 cm³/mol.